The molecule has 0 amide bonds. The highest BCUT2D eigenvalue weighted by Crippen LogP contribution is 2.10. The van der Waals surface area contributed by atoms with Gasteiger partial charge in [0.1, 0.15) is 6.33 Å². The summed E-state index contributed by atoms with van der Waals surface area (Å²) in [6, 6.07) is 0.200. The van der Waals surface area contributed by atoms with Gasteiger partial charge in [-0.2, -0.15) is 0 Å². The molecule has 1 saturated heterocycles. The van der Waals surface area contributed by atoms with Gasteiger partial charge in [-0.25, -0.2) is 0 Å². The van der Waals surface area contributed by atoms with E-state index >= 15 is 0 Å². The third-order valence-corrected chi connectivity index (χ3v) is 1.98. The molecule has 0 spiro atoms. The Labute approximate surface area is 70.7 Å². The Morgan fingerprint density at radius 1 is 1.75 bits per heavy atom. The van der Waals surface area contributed by atoms with Gasteiger partial charge in [0, 0.05) is 13.6 Å². The van der Waals surface area contributed by atoms with Crippen LogP contribution in [-0.2, 0) is 11.8 Å². The van der Waals surface area contributed by atoms with Crippen LogP contribution in [0.25, 0.3) is 0 Å². The first-order chi connectivity index (χ1) is 5.88. The lowest BCUT2D eigenvalue weighted by Gasteiger charge is -2.22. The second-order valence-electron chi connectivity index (χ2n) is 2.88. The number of ether oxygens (including phenoxy) is 1. The van der Waals surface area contributed by atoms with Gasteiger partial charge >= 0.3 is 0 Å². The number of aromatic nitrogens is 3. The van der Waals surface area contributed by atoms with Crippen molar-refractivity contribution >= 4 is 0 Å². The fourth-order valence-corrected chi connectivity index (χ4v) is 1.34. The molecule has 1 aliphatic rings. The molecule has 2 rings (SSSR count). The van der Waals surface area contributed by atoms with Crippen molar-refractivity contribution in [1.29, 1.82) is 0 Å². The second-order valence-corrected chi connectivity index (χ2v) is 2.88. The van der Waals surface area contributed by atoms with Crippen molar-refractivity contribution in [3.05, 3.63) is 12.2 Å². The highest BCUT2D eigenvalue weighted by atomic mass is 16.5. The van der Waals surface area contributed by atoms with Gasteiger partial charge in [-0.3, -0.25) is 0 Å². The topological polar surface area (TPSA) is 52.0 Å². The van der Waals surface area contributed by atoms with Crippen LogP contribution in [0.5, 0.6) is 0 Å². The van der Waals surface area contributed by atoms with Crippen molar-refractivity contribution in [2.75, 3.05) is 19.8 Å². The Morgan fingerprint density at radius 2 is 2.67 bits per heavy atom. The van der Waals surface area contributed by atoms with Gasteiger partial charge in [0.05, 0.1) is 19.3 Å². The van der Waals surface area contributed by atoms with Crippen molar-refractivity contribution in [3.63, 3.8) is 0 Å². The van der Waals surface area contributed by atoms with Gasteiger partial charge in [-0.05, 0) is 0 Å². The number of hydrogen-bond donors (Lipinski definition) is 1. The van der Waals surface area contributed by atoms with E-state index in [1.165, 1.54) is 0 Å². The zero-order chi connectivity index (χ0) is 8.39. The third kappa shape index (κ3) is 1.33. The minimum Gasteiger partial charge on any atom is -0.378 e. The van der Waals surface area contributed by atoms with Gasteiger partial charge in [0.15, 0.2) is 5.82 Å². The molecule has 66 valence electrons. The second kappa shape index (κ2) is 3.20. The average molecular weight is 168 g/mol. The lowest BCUT2D eigenvalue weighted by Crippen LogP contribution is -2.36. The molecule has 1 fully saturated rings. The molecule has 5 nitrogen and oxygen atoms in total. The Bertz CT molecular complexity index is 254. The number of nitrogens with zero attached hydrogens (tertiary/aromatic N) is 3. The van der Waals surface area contributed by atoms with Crippen molar-refractivity contribution in [2.24, 2.45) is 7.05 Å². The van der Waals surface area contributed by atoms with Crippen molar-refractivity contribution in [3.8, 4) is 0 Å². The van der Waals surface area contributed by atoms with Crippen LogP contribution < -0.4 is 5.32 Å². The first-order valence-corrected chi connectivity index (χ1v) is 4.03. The summed E-state index contributed by atoms with van der Waals surface area (Å²) >= 11 is 0. The van der Waals surface area contributed by atoms with E-state index in [1.54, 1.807) is 6.33 Å². The fraction of sp³-hybridized carbons (Fsp3) is 0.714. The molecule has 1 N–H and O–H groups in total. The molecule has 0 saturated carbocycles. The van der Waals surface area contributed by atoms with Gasteiger partial charge < -0.3 is 14.6 Å². The van der Waals surface area contributed by atoms with E-state index in [1.807, 2.05) is 11.6 Å². The number of morpholine rings is 1. The SMILES string of the molecule is Cn1cnnc1C1COCCN1. The van der Waals surface area contributed by atoms with Crippen LogP contribution in [-0.4, -0.2) is 34.5 Å². The fourth-order valence-electron chi connectivity index (χ4n) is 1.34. The summed E-state index contributed by atoms with van der Waals surface area (Å²) in [5.41, 5.74) is 0. The van der Waals surface area contributed by atoms with Crippen molar-refractivity contribution in [2.45, 2.75) is 6.04 Å². The molecule has 0 aliphatic carbocycles. The maximum absolute atomic E-state index is 5.32. The van der Waals surface area contributed by atoms with Gasteiger partial charge in [-0.15, -0.1) is 10.2 Å². The van der Waals surface area contributed by atoms with Crippen LogP contribution in [0.1, 0.15) is 11.9 Å². The zero-order valence-electron chi connectivity index (χ0n) is 7.03. The smallest absolute Gasteiger partial charge is 0.152 e. The van der Waals surface area contributed by atoms with E-state index in [2.05, 4.69) is 15.5 Å². The normalized spacial score (nSPS) is 24.2. The lowest BCUT2D eigenvalue weighted by molar-refractivity contribution is 0.0732. The number of aryl methyl sites for hydroxylation is 1. The minimum atomic E-state index is 0.200. The number of nitrogens with one attached hydrogen (secondary N) is 1. The van der Waals surface area contributed by atoms with E-state index in [-0.39, 0.29) is 6.04 Å². The van der Waals surface area contributed by atoms with E-state index in [0.29, 0.717) is 6.61 Å². The maximum atomic E-state index is 5.32. The Morgan fingerprint density at radius 3 is 3.25 bits per heavy atom. The Kier molecular flexibility index (Phi) is 2.05. The molecule has 2 heterocycles. The number of rotatable bonds is 1. The van der Waals surface area contributed by atoms with Crippen molar-refractivity contribution < 1.29 is 4.74 Å². The highest BCUT2D eigenvalue weighted by molar-refractivity contribution is 4.95. The largest absolute Gasteiger partial charge is 0.378 e. The lowest BCUT2D eigenvalue weighted by atomic mass is 10.2. The predicted octanol–water partition coefficient (Wildman–Crippen LogP) is -0.524. The van der Waals surface area contributed by atoms with Crippen LogP contribution in [0, 0.1) is 0 Å². The molecule has 12 heavy (non-hydrogen) atoms. The minimum absolute atomic E-state index is 0.200. The number of hydrogen-bond acceptors (Lipinski definition) is 4. The molecule has 1 aromatic heterocycles. The summed E-state index contributed by atoms with van der Waals surface area (Å²) < 4.78 is 7.23. The Hall–Kier alpha value is -0.940. The summed E-state index contributed by atoms with van der Waals surface area (Å²) in [5.74, 6) is 0.940. The molecular weight excluding hydrogens is 156 g/mol. The molecule has 0 radical (unpaired) electrons. The predicted molar refractivity (Wildman–Crippen MR) is 42.6 cm³/mol. The molecule has 1 unspecified atom stereocenters. The maximum Gasteiger partial charge on any atom is 0.152 e. The molecule has 1 aliphatic heterocycles. The van der Waals surface area contributed by atoms with Crippen LogP contribution in [0.4, 0.5) is 0 Å². The highest BCUT2D eigenvalue weighted by Gasteiger charge is 2.18. The van der Waals surface area contributed by atoms with E-state index in [4.69, 9.17) is 4.74 Å². The summed E-state index contributed by atoms with van der Waals surface area (Å²) in [6.07, 6.45) is 1.70. The van der Waals surface area contributed by atoms with Crippen LogP contribution in [0.2, 0.25) is 0 Å². The van der Waals surface area contributed by atoms with Crippen LogP contribution in [0.15, 0.2) is 6.33 Å². The summed E-state index contributed by atoms with van der Waals surface area (Å²) in [5, 5.41) is 11.1. The van der Waals surface area contributed by atoms with E-state index in [9.17, 15) is 0 Å². The summed E-state index contributed by atoms with van der Waals surface area (Å²) in [4.78, 5) is 0. The van der Waals surface area contributed by atoms with Gasteiger partial charge in [0.2, 0.25) is 0 Å². The standard InChI is InChI=1S/C7H12N4O/c1-11-5-9-10-7(11)6-4-12-3-2-8-6/h5-6,8H,2-4H2,1H3. The van der Waals surface area contributed by atoms with Crippen LogP contribution >= 0.6 is 0 Å². The van der Waals surface area contributed by atoms with Gasteiger partial charge in [-0.1, -0.05) is 0 Å². The van der Waals surface area contributed by atoms with Crippen LogP contribution in [0.3, 0.4) is 0 Å². The van der Waals surface area contributed by atoms with Gasteiger partial charge in [0.25, 0.3) is 0 Å². The molecule has 1 aromatic rings. The zero-order valence-corrected chi connectivity index (χ0v) is 7.03. The Balaban J connectivity index is 2.13. The molecule has 5 heteroatoms. The quantitative estimate of drug-likeness (QED) is 0.613. The van der Waals surface area contributed by atoms with E-state index in [0.717, 1.165) is 19.0 Å². The first kappa shape index (κ1) is 7.70. The summed E-state index contributed by atoms with van der Waals surface area (Å²) in [7, 11) is 1.94. The summed E-state index contributed by atoms with van der Waals surface area (Å²) in [6.45, 7) is 2.36. The molecule has 1 atom stereocenters. The third-order valence-electron chi connectivity index (χ3n) is 1.98. The first-order valence-electron chi connectivity index (χ1n) is 4.03. The van der Waals surface area contributed by atoms with Crippen molar-refractivity contribution in [1.82, 2.24) is 20.1 Å². The molecular formula is C7H12N4O. The van der Waals surface area contributed by atoms with E-state index < -0.39 is 0 Å². The molecule has 0 aromatic carbocycles. The monoisotopic (exact) mass is 168 g/mol. The average Bonchev–Trinajstić information content (AvgIpc) is 2.53. The molecule has 0 bridgehead atoms.